The van der Waals surface area contributed by atoms with Crippen LogP contribution in [0.25, 0.3) is 0 Å². The summed E-state index contributed by atoms with van der Waals surface area (Å²) in [5.41, 5.74) is 6.25. The number of halogens is 2. The highest BCUT2D eigenvalue weighted by Crippen LogP contribution is 2.22. The molecule has 0 saturated heterocycles. The van der Waals surface area contributed by atoms with Gasteiger partial charge in [-0.25, -0.2) is 4.99 Å². The SMILES string of the molecule is CC(C)(C)N=C(N)Nc1cc(Cl)cc(Cl)c1. The van der Waals surface area contributed by atoms with Gasteiger partial charge in [0.05, 0.1) is 5.54 Å². The van der Waals surface area contributed by atoms with Crippen LogP contribution in [0.3, 0.4) is 0 Å². The first-order valence-corrected chi connectivity index (χ1v) is 5.60. The van der Waals surface area contributed by atoms with Gasteiger partial charge in [0.1, 0.15) is 0 Å². The summed E-state index contributed by atoms with van der Waals surface area (Å²) in [7, 11) is 0. The van der Waals surface area contributed by atoms with Gasteiger partial charge in [-0.1, -0.05) is 23.2 Å². The highest BCUT2D eigenvalue weighted by molar-refractivity contribution is 6.35. The molecule has 5 heteroatoms. The van der Waals surface area contributed by atoms with Gasteiger partial charge in [0, 0.05) is 15.7 Å². The van der Waals surface area contributed by atoms with Crippen LogP contribution in [0, 0.1) is 0 Å². The molecule has 1 aromatic carbocycles. The van der Waals surface area contributed by atoms with Gasteiger partial charge in [-0.15, -0.1) is 0 Å². The fourth-order valence-electron chi connectivity index (χ4n) is 1.16. The number of nitrogens with zero attached hydrogens (tertiary/aromatic N) is 1. The molecule has 0 amide bonds. The number of benzene rings is 1. The van der Waals surface area contributed by atoms with Crippen LogP contribution in [0.4, 0.5) is 5.69 Å². The molecular weight excluding hydrogens is 245 g/mol. The topological polar surface area (TPSA) is 50.4 Å². The first-order chi connectivity index (χ1) is 7.26. The molecular formula is C11H15Cl2N3. The molecule has 0 atom stereocenters. The molecule has 1 rings (SSSR count). The van der Waals surface area contributed by atoms with Crippen LogP contribution in [0.1, 0.15) is 20.8 Å². The number of guanidine groups is 1. The lowest BCUT2D eigenvalue weighted by Crippen LogP contribution is -2.27. The third kappa shape index (κ3) is 4.73. The molecule has 0 fully saturated rings. The summed E-state index contributed by atoms with van der Waals surface area (Å²) in [5, 5.41) is 4.05. The summed E-state index contributed by atoms with van der Waals surface area (Å²) in [5.74, 6) is 0.339. The molecule has 3 N–H and O–H groups in total. The second kappa shape index (κ2) is 4.93. The molecule has 0 saturated carbocycles. The lowest BCUT2D eigenvalue weighted by Gasteiger charge is -2.14. The Hall–Kier alpha value is -0.930. The molecule has 1 aromatic rings. The van der Waals surface area contributed by atoms with Crippen LogP contribution < -0.4 is 11.1 Å². The van der Waals surface area contributed by atoms with Crippen molar-refractivity contribution in [2.75, 3.05) is 5.32 Å². The maximum atomic E-state index is 5.86. The number of anilines is 1. The molecule has 0 radical (unpaired) electrons. The van der Waals surface area contributed by atoms with Gasteiger partial charge in [-0.05, 0) is 39.0 Å². The van der Waals surface area contributed by atoms with Gasteiger partial charge in [0.2, 0.25) is 0 Å². The molecule has 0 bridgehead atoms. The summed E-state index contributed by atoms with van der Waals surface area (Å²) >= 11 is 11.7. The van der Waals surface area contributed by atoms with Crippen molar-refractivity contribution in [3.8, 4) is 0 Å². The highest BCUT2D eigenvalue weighted by Gasteiger charge is 2.08. The Bertz CT molecular complexity index is 388. The number of nitrogens with one attached hydrogen (secondary N) is 1. The van der Waals surface area contributed by atoms with Crippen molar-refractivity contribution in [1.29, 1.82) is 0 Å². The van der Waals surface area contributed by atoms with Crippen LogP contribution in [-0.2, 0) is 0 Å². The van der Waals surface area contributed by atoms with E-state index < -0.39 is 0 Å². The van der Waals surface area contributed by atoms with Gasteiger partial charge in [0.15, 0.2) is 5.96 Å². The third-order valence-corrected chi connectivity index (χ3v) is 2.03. The molecule has 0 aliphatic heterocycles. The van der Waals surface area contributed by atoms with E-state index in [1.165, 1.54) is 0 Å². The van der Waals surface area contributed by atoms with Crippen LogP contribution in [0.5, 0.6) is 0 Å². The minimum absolute atomic E-state index is 0.223. The van der Waals surface area contributed by atoms with Crippen LogP contribution in [0.15, 0.2) is 23.2 Å². The van der Waals surface area contributed by atoms with Crippen LogP contribution >= 0.6 is 23.2 Å². The van der Waals surface area contributed by atoms with Crippen molar-refractivity contribution >= 4 is 34.8 Å². The third-order valence-electron chi connectivity index (χ3n) is 1.59. The molecule has 88 valence electrons. The van der Waals surface area contributed by atoms with E-state index in [1.807, 2.05) is 20.8 Å². The lowest BCUT2D eigenvalue weighted by atomic mass is 10.1. The Balaban J connectivity index is 2.85. The van der Waals surface area contributed by atoms with Gasteiger partial charge < -0.3 is 11.1 Å². The standard InChI is InChI=1S/C11H15Cl2N3/c1-11(2,3)16-10(14)15-9-5-7(12)4-8(13)6-9/h4-6H,1-3H3,(H3,14,15,16). The van der Waals surface area contributed by atoms with E-state index in [2.05, 4.69) is 10.3 Å². The van der Waals surface area contributed by atoms with E-state index in [1.54, 1.807) is 18.2 Å². The minimum Gasteiger partial charge on any atom is -0.370 e. The second-order valence-electron chi connectivity index (χ2n) is 4.45. The summed E-state index contributed by atoms with van der Waals surface area (Å²) < 4.78 is 0. The monoisotopic (exact) mass is 259 g/mol. The van der Waals surface area contributed by atoms with Crippen molar-refractivity contribution in [3.63, 3.8) is 0 Å². The molecule has 0 unspecified atom stereocenters. The minimum atomic E-state index is -0.223. The van der Waals surface area contributed by atoms with Crippen molar-refractivity contribution in [3.05, 3.63) is 28.2 Å². The van der Waals surface area contributed by atoms with Crippen LogP contribution in [-0.4, -0.2) is 11.5 Å². The van der Waals surface area contributed by atoms with Crippen molar-refractivity contribution in [2.45, 2.75) is 26.3 Å². The zero-order chi connectivity index (χ0) is 12.3. The Kier molecular flexibility index (Phi) is 4.05. The summed E-state index contributed by atoms with van der Waals surface area (Å²) in [4.78, 5) is 4.26. The van der Waals surface area contributed by atoms with Gasteiger partial charge in [-0.2, -0.15) is 0 Å². The molecule has 0 heterocycles. The number of aliphatic imine (C=N–C) groups is 1. The maximum Gasteiger partial charge on any atom is 0.193 e. The quantitative estimate of drug-likeness (QED) is 0.599. The smallest absolute Gasteiger partial charge is 0.193 e. The van der Waals surface area contributed by atoms with E-state index in [9.17, 15) is 0 Å². The van der Waals surface area contributed by atoms with E-state index >= 15 is 0 Å². The summed E-state index contributed by atoms with van der Waals surface area (Å²) in [6.45, 7) is 5.89. The zero-order valence-corrected chi connectivity index (χ0v) is 11.0. The predicted molar refractivity (Wildman–Crippen MR) is 71.5 cm³/mol. The van der Waals surface area contributed by atoms with Crippen LogP contribution in [0.2, 0.25) is 10.0 Å². The van der Waals surface area contributed by atoms with Gasteiger partial charge in [0.25, 0.3) is 0 Å². The molecule has 0 aliphatic rings. The Morgan fingerprint density at radius 2 is 1.69 bits per heavy atom. The lowest BCUT2D eigenvalue weighted by molar-refractivity contribution is 0.583. The number of hydrogen-bond acceptors (Lipinski definition) is 1. The fraction of sp³-hybridized carbons (Fsp3) is 0.364. The van der Waals surface area contributed by atoms with E-state index in [4.69, 9.17) is 28.9 Å². The first-order valence-electron chi connectivity index (χ1n) is 4.85. The first kappa shape index (κ1) is 13.1. The fourth-order valence-corrected chi connectivity index (χ4v) is 1.69. The van der Waals surface area contributed by atoms with Crippen molar-refractivity contribution in [2.24, 2.45) is 10.7 Å². The largest absolute Gasteiger partial charge is 0.370 e. The zero-order valence-electron chi connectivity index (χ0n) is 9.51. The molecule has 0 spiro atoms. The van der Waals surface area contributed by atoms with E-state index in [0.29, 0.717) is 16.0 Å². The van der Waals surface area contributed by atoms with E-state index in [0.717, 1.165) is 5.69 Å². The van der Waals surface area contributed by atoms with Crippen molar-refractivity contribution in [1.82, 2.24) is 0 Å². The van der Waals surface area contributed by atoms with E-state index in [-0.39, 0.29) is 5.54 Å². The number of hydrogen-bond donors (Lipinski definition) is 2. The van der Waals surface area contributed by atoms with Gasteiger partial charge >= 0.3 is 0 Å². The Morgan fingerprint density at radius 3 is 2.12 bits per heavy atom. The molecule has 16 heavy (non-hydrogen) atoms. The average molecular weight is 260 g/mol. The normalized spacial score (nSPS) is 12.7. The highest BCUT2D eigenvalue weighted by atomic mass is 35.5. The number of nitrogens with two attached hydrogens (primary N) is 1. The predicted octanol–water partition coefficient (Wildman–Crippen LogP) is 3.52. The molecule has 0 aliphatic carbocycles. The van der Waals surface area contributed by atoms with Gasteiger partial charge in [-0.3, -0.25) is 0 Å². The second-order valence-corrected chi connectivity index (χ2v) is 5.32. The van der Waals surface area contributed by atoms with Crippen molar-refractivity contribution < 1.29 is 0 Å². The Morgan fingerprint density at radius 1 is 1.19 bits per heavy atom. The maximum absolute atomic E-state index is 5.86. The number of rotatable bonds is 1. The average Bonchev–Trinajstić information content (AvgIpc) is 1.96. The molecule has 0 aromatic heterocycles. The summed E-state index contributed by atoms with van der Waals surface area (Å²) in [6.07, 6.45) is 0. The Labute approximate surface area is 106 Å². The summed E-state index contributed by atoms with van der Waals surface area (Å²) in [6, 6.07) is 5.13. The molecule has 3 nitrogen and oxygen atoms in total.